The van der Waals surface area contributed by atoms with E-state index < -0.39 is 27.0 Å². The Labute approximate surface area is 151 Å². The summed E-state index contributed by atoms with van der Waals surface area (Å²) in [4.78, 5) is 23.3. The monoisotopic (exact) mass is 384 g/mol. The second-order valence-electron chi connectivity index (χ2n) is 5.20. The summed E-state index contributed by atoms with van der Waals surface area (Å²) in [5.74, 6) is -0.987. The Bertz CT molecular complexity index is 814. The van der Waals surface area contributed by atoms with Crippen molar-refractivity contribution >= 4 is 33.5 Å². The van der Waals surface area contributed by atoms with Gasteiger partial charge in [-0.2, -0.15) is 0 Å². The first-order chi connectivity index (χ1) is 11.6. The van der Waals surface area contributed by atoms with E-state index >= 15 is 0 Å². The number of amides is 1. The van der Waals surface area contributed by atoms with Crippen molar-refractivity contribution in [2.24, 2.45) is 5.73 Å². The number of para-hydroxylation sites is 1. The molecule has 136 valence electrons. The minimum absolute atomic E-state index is 0.114. The van der Waals surface area contributed by atoms with E-state index in [0.29, 0.717) is 0 Å². The molecular formula is C16H20N2O5S2. The van der Waals surface area contributed by atoms with Crippen molar-refractivity contribution in [3.63, 3.8) is 0 Å². The molecule has 7 nitrogen and oxygen atoms in total. The third-order valence-corrected chi connectivity index (χ3v) is 5.83. The van der Waals surface area contributed by atoms with Crippen LogP contribution in [0.15, 0.2) is 46.3 Å². The lowest BCUT2D eigenvalue weighted by atomic mass is 10.2. The van der Waals surface area contributed by atoms with Gasteiger partial charge in [-0.15, -0.1) is 0 Å². The van der Waals surface area contributed by atoms with E-state index in [-0.39, 0.29) is 21.4 Å². The van der Waals surface area contributed by atoms with Crippen LogP contribution in [0.4, 0.5) is 0 Å². The van der Waals surface area contributed by atoms with Gasteiger partial charge in [0, 0.05) is 12.3 Å². The van der Waals surface area contributed by atoms with Crippen LogP contribution in [0.2, 0.25) is 0 Å². The maximum absolute atomic E-state index is 12.3. The van der Waals surface area contributed by atoms with Crippen LogP contribution in [0.25, 0.3) is 0 Å². The molecule has 0 aliphatic heterocycles. The lowest BCUT2D eigenvalue weighted by Gasteiger charge is -2.11. The summed E-state index contributed by atoms with van der Waals surface area (Å²) in [6, 6.07) is 6.21. The lowest BCUT2D eigenvalue weighted by molar-refractivity contribution is -0.131. The summed E-state index contributed by atoms with van der Waals surface area (Å²) in [5.41, 5.74) is 5.71. The highest BCUT2D eigenvalue weighted by molar-refractivity contribution is 8.06. The topological polar surface area (TPSA) is 116 Å². The van der Waals surface area contributed by atoms with Crippen molar-refractivity contribution in [1.29, 1.82) is 0 Å². The number of hydrogen-bond acceptors (Lipinski definition) is 7. The smallest absolute Gasteiger partial charge is 0.308 e. The predicted octanol–water partition coefficient (Wildman–Crippen LogP) is 2.13. The van der Waals surface area contributed by atoms with Gasteiger partial charge in [-0.25, -0.2) is 8.42 Å². The minimum atomic E-state index is -3.57. The average molecular weight is 384 g/mol. The number of nitrogens with one attached hydrogen (secondary N) is 1. The molecule has 0 radical (unpaired) electrons. The lowest BCUT2D eigenvalue weighted by Crippen LogP contribution is -2.23. The molecule has 0 aliphatic carbocycles. The zero-order chi connectivity index (χ0) is 19.2. The Morgan fingerprint density at radius 2 is 1.92 bits per heavy atom. The quantitative estimate of drug-likeness (QED) is 0.546. The Balaban J connectivity index is 2.82. The van der Waals surface area contributed by atoms with Crippen molar-refractivity contribution in [2.45, 2.75) is 26.0 Å². The molecule has 1 rings (SSSR count). The molecule has 25 heavy (non-hydrogen) atoms. The van der Waals surface area contributed by atoms with Gasteiger partial charge in [0.05, 0.1) is 15.8 Å². The van der Waals surface area contributed by atoms with Gasteiger partial charge in [-0.3, -0.25) is 9.59 Å². The van der Waals surface area contributed by atoms with Crippen molar-refractivity contribution in [2.75, 3.05) is 0 Å². The minimum Gasteiger partial charge on any atom is -0.426 e. The van der Waals surface area contributed by atoms with Gasteiger partial charge in [0.2, 0.25) is 0 Å². The van der Waals surface area contributed by atoms with Gasteiger partial charge in [0.15, 0.2) is 9.84 Å². The number of thioether (sulfide) groups is 1. The number of carbonyl (C=O) groups excluding carboxylic acids is 2. The van der Waals surface area contributed by atoms with E-state index in [1.54, 1.807) is 12.1 Å². The van der Waals surface area contributed by atoms with Crippen LogP contribution >= 0.6 is 11.8 Å². The highest BCUT2D eigenvalue weighted by Gasteiger charge is 2.20. The van der Waals surface area contributed by atoms with Crippen LogP contribution in [-0.2, 0) is 14.6 Å². The van der Waals surface area contributed by atoms with Gasteiger partial charge >= 0.3 is 5.97 Å². The van der Waals surface area contributed by atoms with Crippen LogP contribution in [0.5, 0.6) is 5.75 Å². The molecule has 0 heterocycles. The van der Waals surface area contributed by atoms with E-state index in [2.05, 4.69) is 11.9 Å². The van der Waals surface area contributed by atoms with E-state index in [1.807, 2.05) is 0 Å². The Kier molecular flexibility index (Phi) is 7.25. The molecule has 9 heteroatoms. The average Bonchev–Trinajstić information content (AvgIpc) is 2.52. The highest BCUT2D eigenvalue weighted by Crippen LogP contribution is 2.21. The second-order valence-corrected chi connectivity index (χ2v) is 8.67. The molecular weight excluding hydrogens is 364 g/mol. The fourth-order valence-corrected chi connectivity index (χ4v) is 3.23. The molecule has 0 aliphatic rings. The van der Waals surface area contributed by atoms with Crippen molar-refractivity contribution in [3.05, 3.63) is 51.9 Å². The number of esters is 1. The number of carbonyl (C=O) groups is 2. The predicted molar refractivity (Wildman–Crippen MR) is 98.3 cm³/mol. The first kappa shape index (κ1) is 20.8. The number of benzene rings is 1. The van der Waals surface area contributed by atoms with Crippen LogP contribution in [0, 0.1) is 0 Å². The highest BCUT2D eigenvalue weighted by atomic mass is 32.2. The van der Waals surface area contributed by atoms with Gasteiger partial charge in [-0.1, -0.05) is 30.5 Å². The van der Waals surface area contributed by atoms with Crippen LogP contribution in [-0.4, -0.2) is 25.5 Å². The standard InChI is InChI=1S/C16H20N2O5S2/c1-10(2)25(21,22)15(17)9-24-11(3)18-16(20)13-7-5-6-8-14(13)23-12(4)19/h5-10H,3,17H2,1-2,4H3,(H,18,20)/b15-9+. The Morgan fingerprint density at radius 3 is 2.48 bits per heavy atom. The summed E-state index contributed by atoms with van der Waals surface area (Å²) in [6.45, 7) is 7.90. The number of nitrogens with two attached hydrogens (primary N) is 1. The number of ether oxygens (including phenoxy) is 1. The summed E-state index contributed by atoms with van der Waals surface area (Å²) in [6.07, 6.45) is 0. The largest absolute Gasteiger partial charge is 0.426 e. The maximum Gasteiger partial charge on any atom is 0.308 e. The fraction of sp³-hybridized carbons (Fsp3) is 0.250. The summed E-state index contributed by atoms with van der Waals surface area (Å²) in [7, 11) is -3.57. The Hall–Kier alpha value is -2.26. The number of sulfone groups is 1. The molecule has 0 saturated carbocycles. The van der Waals surface area contributed by atoms with E-state index in [0.717, 1.165) is 11.8 Å². The molecule has 0 bridgehead atoms. The van der Waals surface area contributed by atoms with E-state index in [9.17, 15) is 18.0 Å². The van der Waals surface area contributed by atoms with Crippen molar-refractivity contribution in [3.8, 4) is 5.75 Å². The molecule has 0 fully saturated rings. The summed E-state index contributed by atoms with van der Waals surface area (Å²) in [5, 5.41) is 2.91. The third-order valence-electron chi connectivity index (χ3n) is 2.90. The van der Waals surface area contributed by atoms with Gasteiger partial charge < -0.3 is 15.8 Å². The molecule has 1 amide bonds. The molecule has 1 aromatic carbocycles. The maximum atomic E-state index is 12.3. The van der Waals surface area contributed by atoms with Crippen LogP contribution in [0.1, 0.15) is 31.1 Å². The normalized spacial score (nSPS) is 11.9. The summed E-state index contributed by atoms with van der Waals surface area (Å²) >= 11 is 0.871. The fourth-order valence-electron chi connectivity index (χ4n) is 1.59. The molecule has 0 atom stereocenters. The zero-order valence-corrected chi connectivity index (χ0v) is 15.7. The number of hydrogen-bond donors (Lipinski definition) is 2. The first-order valence-electron chi connectivity index (χ1n) is 7.19. The molecule has 3 N–H and O–H groups in total. The third kappa shape index (κ3) is 5.95. The van der Waals surface area contributed by atoms with Gasteiger partial charge in [0.1, 0.15) is 10.8 Å². The van der Waals surface area contributed by atoms with Crippen LogP contribution < -0.4 is 15.8 Å². The molecule has 0 spiro atoms. The molecule has 1 aromatic rings. The first-order valence-corrected chi connectivity index (χ1v) is 9.62. The van der Waals surface area contributed by atoms with Gasteiger partial charge in [0.25, 0.3) is 5.91 Å². The van der Waals surface area contributed by atoms with E-state index in [4.69, 9.17) is 10.5 Å². The number of rotatable bonds is 7. The molecule has 0 aromatic heterocycles. The van der Waals surface area contributed by atoms with Crippen molar-refractivity contribution in [1.82, 2.24) is 5.32 Å². The summed E-state index contributed by atoms with van der Waals surface area (Å²) < 4.78 is 28.7. The van der Waals surface area contributed by atoms with Crippen molar-refractivity contribution < 1.29 is 22.7 Å². The van der Waals surface area contributed by atoms with Crippen LogP contribution in [0.3, 0.4) is 0 Å². The zero-order valence-electron chi connectivity index (χ0n) is 14.1. The van der Waals surface area contributed by atoms with Gasteiger partial charge in [-0.05, 0) is 26.0 Å². The molecule has 0 unspecified atom stereocenters. The molecule has 0 saturated heterocycles. The second kappa shape index (κ2) is 8.72. The SMILES string of the molecule is C=C(NC(=O)c1ccccc1OC(C)=O)S/C=C(\N)S(=O)(=O)C(C)C. The Morgan fingerprint density at radius 1 is 1.32 bits per heavy atom. The van der Waals surface area contributed by atoms with E-state index in [1.165, 1.54) is 38.3 Å².